The summed E-state index contributed by atoms with van der Waals surface area (Å²) in [5.74, 6) is 0.749. The highest BCUT2D eigenvalue weighted by atomic mass is 79.9. The molecule has 0 aromatic heterocycles. The van der Waals surface area contributed by atoms with Crippen LogP contribution in [0.1, 0.15) is 50.3 Å². The van der Waals surface area contributed by atoms with E-state index in [4.69, 9.17) is 5.73 Å². The molecular formula is C14H22BrN. The predicted molar refractivity (Wildman–Crippen MR) is 74.5 cm³/mol. The van der Waals surface area contributed by atoms with E-state index >= 15 is 0 Å². The second kappa shape index (κ2) is 6.41. The smallest absolute Gasteiger partial charge is 0.0297 e. The van der Waals surface area contributed by atoms with Crippen LogP contribution in [0, 0.1) is 12.8 Å². The molecule has 0 heterocycles. The van der Waals surface area contributed by atoms with Gasteiger partial charge in [-0.05, 0) is 36.5 Å². The van der Waals surface area contributed by atoms with Crippen molar-refractivity contribution in [2.24, 2.45) is 11.7 Å². The first-order valence-corrected chi connectivity index (χ1v) is 6.89. The van der Waals surface area contributed by atoms with Gasteiger partial charge in [0.25, 0.3) is 0 Å². The summed E-state index contributed by atoms with van der Waals surface area (Å²) in [5.41, 5.74) is 8.77. The fourth-order valence-electron chi connectivity index (χ4n) is 2.02. The van der Waals surface area contributed by atoms with Crippen LogP contribution in [-0.4, -0.2) is 0 Å². The van der Waals surface area contributed by atoms with Gasteiger partial charge in [-0.3, -0.25) is 0 Å². The number of nitrogens with two attached hydrogens (primary N) is 1. The first kappa shape index (κ1) is 13.7. The van der Waals surface area contributed by atoms with E-state index in [0.29, 0.717) is 0 Å². The number of rotatable bonds is 5. The Morgan fingerprint density at radius 1 is 1.25 bits per heavy atom. The largest absolute Gasteiger partial charge is 0.324 e. The van der Waals surface area contributed by atoms with E-state index in [-0.39, 0.29) is 6.04 Å². The monoisotopic (exact) mass is 283 g/mol. The Morgan fingerprint density at radius 3 is 2.38 bits per heavy atom. The molecule has 1 aromatic rings. The molecule has 1 aromatic carbocycles. The van der Waals surface area contributed by atoms with Gasteiger partial charge in [-0.25, -0.2) is 0 Å². The van der Waals surface area contributed by atoms with Crippen molar-refractivity contribution in [2.75, 3.05) is 0 Å². The molecule has 0 fully saturated rings. The first-order valence-electron chi connectivity index (χ1n) is 6.10. The molecule has 1 nitrogen and oxygen atoms in total. The van der Waals surface area contributed by atoms with Crippen molar-refractivity contribution in [3.05, 3.63) is 33.8 Å². The third-order valence-corrected chi connectivity index (χ3v) is 4.24. The van der Waals surface area contributed by atoms with Crippen molar-refractivity contribution < 1.29 is 0 Å². The van der Waals surface area contributed by atoms with E-state index in [9.17, 15) is 0 Å². The average molecular weight is 284 g/mol. The summed E-state index contributed by atoms with van der Waals surface area (Å²) in [6, 6.07) is 6.59. The van der Waals surface area contributed by atoms with Crippen molar-refractivity contribution in [1.82, 2.24) is 0 Å². The molecule has 1 unspecified atom stereocenters. The van der Waals surface area contributed by atoms with Crippen LogP contribution in [0.15, 0.2) is 22.7 Å². The standard InChI is InChI=1S/C14H22BrN/c1-4-11(5-2)9-14(16)12-6-7-13(15)10(3)8-12/h6-8,11,14H,4-5,9,16H2,1-3H3. The minimum Gasteiger partial charge on any atom is -0.324 e. The summed E-state index contributed by atoms with van der Waals surface area (Å²) in [6.07, 6.45) is 3.54. The summed E-state index contributed by atoms with van der Waals surface area (Å²) in [7, 11) is 0. The number of hydrogen-bond donors (Lipinski definition) is 1. The molecule has 0 bridgehead atoms. The van der Waals surface area contributed by atoms with Gasteiger partial charge in [0.15, 0.2) is 0 Å². The van der Waals surface area contributed by atoms with E-state index < -0.39 is 0 Å². The molecule has 2 N–H and O–H groups in total. The van der Waals surface area contributed by atoms with Crippen LogP contribution in [0.3, 0.4) is 0 Å². The molecule has 0 aliphatic rings. The van der Waals surface area contributed by atoms with E-state index in [0.717, 1.165) is 16.8 Å². The van der Waals surface area contributed by atoms with Gasteiger partial charge in [0.1, 0.15) is 0 Å². The molecule has 0 aliphatic carbocycles. The fourth-order valence-corrected chi connectivity index (χ4v) is 2.26. The topological polar surface area (TPSA) is 26.0 Å². The molecule has 2 heteroatoms. The van der Waals surface area contributed by atoms with Crippen molar-refractivity contribution >= 4 is 15.9 Å². The van der Waals surface area contributed by atoms with E-state index in [2.05, 4.69) is 54.9 Å². The minimum absolute atomic E-state index is 0.178. The molecule has 90 valence electrons. The van der Waals surface area contributed by atoms with Crippen LogP contribution in [0.25, 0.3) is 0 Å². The van der Waals surface area contributed by atoms with Crippen molar-refractivity contribution in [3.63, 3.8) is 0 Å². The second-order valence-corrected chi connectivity index (χ2v) is 5.39. The van der Waals surface area contributed by atoms with Crippen LogP contribution in [0.4, 0.5) is 0 Å². The molecule has 0 radical (unpaired) electrons. The normalized spacial score (nSPS) is 13.1. The lowest BCUT2D eigenvalue weighted by atomic mass is 9.91. The lowest BCUT2D eigenvalue weighted by Gasteiger charge is -2.19. The Kier molecular flexibility index (Phi) is 5.50. The third-order valence-electron chi connectivity index (χ3n) is 3.35. The van der Waals surface area contributed by atoms with Gasteiger partial charge in [-0.1, -0.05) is 54.8 Å². The summed E-state index contributed by atoms with van der Waals surface area (Å²) < 4.78 is 1.16. The molecule has 0 saturated heterocycles. The average Bonchev–Trinajstić information content (AvgIpc) is 2.29. The molecule has 0 aliphatic heterocycles. The first-order chi connectivity index (χ1) is 7.58. The lowest BCUT2D eigenvalue weighted by molar-refractivity contribution is 0.414. The van der Waals surface area contributed by atoms with Gasteiger partial charge in [0.2, 0.25) is 0 Å². The van der Waals surface area contributed by atoms with Gasteiger partial charge in [-0.2, -0.15) is 0 Å². The number of hydrogen-bond acceptors (Lipinski definition) is 1. The molecular weight excluding hydrogens is 262 g/mol. The van der Waals surface area contributed by atoms with Gasteiger partial charge in [0.05, 0.1) is 0 Å². The Bertz CT molecular complexity index is 332. The van der Waals surface area contributed by atoms with E-state index in [1.807, 2.05) is 0 Å². The second-order valence-electron chi connectivity index (χ2n) is 4.53. The fraction of sp³-hybridized carbons (Fsp3) is 0.571. The summed E-state index contributed by atoms with van der Waals surface area (Å²) in [4.78, 5) is 0. The van der Waals surface area contributed by atoms with Crippen molar-refractivity contribution in [1.29, 1.82) is 0 Å². The molecule has 1 rings (SSSR count). The van der Waals surface area contributed by atoms with E-state index in [1.165, 1.54) is 24.0 Å². The molecule has 0 saturated carbocycles. The zero-order chi connectivity index (χ0) is 12.1. The van der Waals surface area contributed by atoms with E-state index in [1.54, 1.807) is 0 Å². The van der Waals surface area contributed by atoms with Crippen LogP contribution in [0.5, 0.6) is 0 Å². The maximum atomic E-state index is 6.25. The third kappa shape index (κ3) is 3.60. The van der Waals surface area contributed by atoms with Crippen molar-refractivity contribution in [2.45, 2.75) is 46.1 Å². The highest BCUT2D eigenvalue weighted by Crippen LogP contribution is 2.26. The lowest BCUT2D eigenvalue weighted by Crippen LogP contribution is -2.15. The maximum Gasteiger partial charge on any atom is 0.0297 e. The predicted octanol–water partition coefficient (Wildman–Crippen LogP) is 4.58. The Labute approximate surface area is 108 Å². The van der Waals surface area contributed by atoms with Gasteiger partial charge >= 0.3 is 0 Å². The Balaban J connectivity index is 2.72. The van der Waals surface area contributed by atoms with Gasteiger partial charge < -0.3 is 5.73 Å². The van der Waals surface area contributed by atoms with Crippen LogP contribution in [-0.2, 0) is 0 Å². The molecule has 0 amide bonds. The number of halogens is 1. The highest BCUT2D eigenvalue weighted by molar-refractivity contribution is 9.10. The van der Waals surface area contributed by atoms with Crippen LogP contribution in [0.2, 0.25) is 0 Å². The molecule has 16 heavy (non-hydrogen) atoms. The van der Waals surface area contributed by atoms with Crippen LogP contribution >= 0.6 is 15.9 Å². The quantitative estimate of drug-likeness (QED) is 0.841. The zero-order valence-electron chi connectivity index (χ0n) is 10.5. The molecule has 0 spiro atoms. The minimum atomic E-state index is 0.178. The number of benzene rings is 1. The maximum absolute atomic E-state index is 6.25. The zero-order valence-corrected chi connectivity index (χ0v) is 12.0. The Hall–Kier alpha value is -0.340. The van der Waals surface area contributed by atoms with Crippen molar-refractivity contribution in [3.8, 4) is 0 Å². The Morgan fingerprint density at radius 2 is 1.88 bits per heavy atom. The number of aryl methyl sites for hydroxylation is 1. The van der Waals surface area contributed by atoms with Gasteiger partial charge in [0, 0.05) is 10.5 Å². The van der Waals surface area contributed by atoms with Crippen LogP contribution < -0.4 is 5.73 Å². The molecule has 1 atom stereocenters. The summed E-state index contributed by atoms with van der Waals surface area (Å²) >= 11 is 3.52. The SMILES string of the molecule is CCC(CC)CC(N)c1ccc(Br)c(C)c1. The van der Waals surface area contributed by atoms with Gasteiger partial charge in [-0.15, -0.1) is 0 Å². The summed E-state index contributed by atoms with van der Waals surface area (Å²) in [5, 5.41) is 0. The summed E-state index contributed by atoms with van der Waals surface area (Å²) in [6.45, 7) is 6.60. The highest BCUT2D eigenvalue weighted by Gasteiger charge is 2.12.